The number of hydrogen-bond acceptors (Lipinski definition) is 4. The molecule has 0 aromatic heterocycles. The number of nitrogens with two attached hydrogens (primary N) is 1. The lowest BCUT2D eigenvalue weighted by Crippen LogP contribution is -2.36. The van der Waals surface area contributed by atoms with Gasteiger partial charge in [-0.1, -0.05) is 19.0 Å². The summed E-state index contributed by atoms with van der Waals surface area (Å²) in [4.78, 5) is 11.3. The molecule has 0 saturated heterocycles. The van der Waals surface area contributed by atoms with E-state index in [0.29, 0.717) is 19.4 Å². The van der Waals surface area contributed by atoms with E-state index in [1.807, 2.05) is 13.8 Å². The van der Waals surface area contributed by atoms with E-state index in [9.17, 15) is 4.79 Å². The van der Waals surface area contributed by atoms with Gasteiger partial charge in [-0.05, 0) is 12.8 Å². The molecule has 1 atom stereocenters. The van der Waals surface area contributed by atoms with E-state index < -0.39 is 0 Å². The minimum absolute atomic E-state index is 0.0537. The van der Waals surface area contributed by atoms with E-state index in [1.165, 1.54) is 0 Å². The van der Waals surface area contributed by atoms with E-state index in [0.717, 1.165) is 19.4 Å². The van der Waals surface area contributed by atoms with Gasteiger partial charge >= 0.3 is 0 Å². The molecule has 17 heavy (non-hydrogen) atoms. The molecule has 0 radical (unpaired) electrons. The minimum atomic E-state index is 0.0537. The van der Waals surface area contributed by atoms with Crippen LogP contribution in [-0.2, 0) is 4.79 Å². The number of carbonyl (C=O) groups excluding carboxylic acids is 1. The molecule has 1 amide bonds. The van der Waals surface area contributed by atoms with Crippen molar-refractivity contribution in [3.8, 4) is 0 Å². The van der Waals surface area contributed by atoms with Gasteiger partial charge in [0, 0.05) is 32.0 Å². The molecule has 0 fully saturated rings. The second-order valence-corrected chi connectivity index (χ2v) is 3.95. The average Bonchev–Trinajstić information content (AvgIpc) is 2.34. The smallest absolute Gasteiger partial charge is 0.221 e. The fourth-order valence-corrected chi connectivity index (χ4v) is 1.40. The van der Waals surface area contributed by atoms with Crippen molar-refractivity contribution in [2.75, 3.05) is 13.1 Å². The second-order valence-electron chi connectivity index (χ2n) is 3.95. The Morgan fingerprint density at radius 3 is 2.65 bits per heavy atom. The fraction of sp³-hybridized carbons (Fsp3) is 0.818. The van der Waals surface area contributed by atoms with Crippen molar-refractivity contribution < 1.29 is 10.0 Å². The van der Waals surface area contributed by atoms with Crippen LogP contribution in [0.1, 0.15) is 39.5 Å². The fourth-order valence-electron chi connectivity index (χ4n) is 1.40. The number of oxime groups is 1. The van der Waals surface area contributed by atoms with Gasteiger partial charge in [0.05, 0.1) is 0 Å². The largest absolute Gasteiger partial charge is 0.409 e. The minimum Gasteiger partial charge on any atom is -0.409 e. The molecule has 0 aliphatic heterocycles. The van der Waals surface area contributed by atoms with Crippen LogP contribution in [0.15, 0.2) is 5.16 Å². The van der Waals surface area contributed by atoms with Crippen LogP contribution in [0.25, 0.3) is 0 Å². The van der Waals surface area contributed by atoms with Crippen molar-refractivity contribution in [3.05, 3.63) is 0 Å². The van der Waals surface area contributed by atoms with E-state index >= 15 is 0 Å². The number of nitrogens with one attached hydrogen (secondary N) is 2. The molecule has 0 aliphatic rings. The molecule has 5 N–H and O–H groups in total. The quantitative estimate of drug-likeness (QED) is 0.204. The lowest BCUT2D eigenvalue weighted by Gasteiger charge is -2.15. The Balaban J connectivity index is 3.73. The SMILES string of the molecule is CCCNC(=O)CCNC(CC)C/C(N)=N/O. The molecule has 0 aromatic rings. The molecule has 0 spiro atoms. The number of hydrogen-bond donors (Lipinski definition) is 4. The summed E-state index contributed by atoms with van der Waals surface area (Å²) in [5.74, 6) is 0.262. The maximum atomic E-state index is 11.3. The molecule has 0 bridgehead atoms. The molecule has 6 nitrogen and oxygen atoms in total. The predicted octanol–water partition coefficient (Wildman–Crippen LogP) is 0.407. The van der Waals surface area contributed by atoms with Crippen molar-refractivity contribution in [1.29, 1.82) is 0 Å². The highest BCUT2D eigenvalue weighted by Gasteiger charge is 2.08. The first-order chi connectivity index (χ1) is 8.13. The Kier molecular flexibility index (Phi) is 9.14. The highest BCUT2D eigenvalue weighted by molar-refractivity contribution is 5.80. The second kappa shape index (κ2) is 9.89. The third kappa shape index (κ3) is 8.50. The zero-order valence-corrected chi connectivity index (χ0v) is 10.7. The Morgan fingerprint density at radius 2 is 2.12 bits per heavy atom. The van der Waals surface area contributed by atoms with Crippen LogP contribution in [0.2, 0.25) is 0 Å². The Bertz CT molecular complexity index is 244. The molecule has 0 saturated carbocycles. The molecule has 0 heterocycles. The topological polar surface area (TPSA) is 99.7 Å². The van der Waals surface area contributed by atoms with Gasteiger partial charge in [0.15, 0.2) is 0 Å². The summed E-state index contributed by atoms with van der Waals surface area (Å²) in [6.45, 7) is 5.36. The van der Waals surface area contributed by atoms with Crippen LogP contribution in [0.4, 0.5) is 0 Å². The summed E-state index contributed by atoms with van der Waals surface area (Å²) < 4.78 is 0. The Labute approximate surface area is 103 Å². The van der Waals surface area contributed by atoms with Gasteiger partial charge in [0.2, 0.25) is 5.91 Å². The van der Waals surface area contributed by atoms with Gasteiger partial charge in [-0.25, -0.2) is 0 Å². The zero-order valence-electron chi connectivity index (χ0n) is 10.7. The number of amides is 1. The summed E-state index contributed by atoms with van der Waals surface area (Å²) >= 11 is 0. The molecule has 0 rings (SSSR count). The molecular formula is C11H24N4O2. The maximum Gasteiger partial charge on any atom is 0.221 e. The third-order valence-corrected chi connectivity index (χ3v) is 2.43. The first kappa shape index (κ1) is 15.7. The van der Waals surface area contributed by atoms with Gasteiger partial charge in [0.1, 0.15) is 5.84 Å². The van der Waals surface area contributed by atoms with Crippen LogP contribution in [0.5, 0.6) is 0 Å². The van der Waals surface area contributed by atoms with Gasteiger partial charge in [-0.3, -0.25) is 4.79 Å². The van der Waals surface area contributed by atoms with Crippen LogP contribution < -0.4 is 16.4 Å². The first-order valence-electron chi connectivity index (χ1n) is 6.10. The number of nitrogens with zero attached hydrogens (tertiary/aromatic N) is 1. The Hall–Kier alpha value is -1.30. The number of rotatable bonds is 9. The lowest BCUT2D eigenvalue weighted by molar-refractivity contribution is -0.121. The van der Waals surface area contributed by atoms with Crippen LogP contribution >= 0.6 is 0 Å². The third-order valence-electron chi connectivity index (χ3n) is 2.43. The monoisotopic (exact) mass is 244 g/mol. The maximum absolute atomic E-state index is 11.3. The summed E-state index contributed by atoms with van der Waals surface area (Å²) in [6, 6.07) is 0.143. The Morgan fingerprint density at radius 1 is 1.41 bits per heavy atom. The highest BCUT2D eigenvalue weighted by atomic mass is 16.4. The van der Waals surface area contributed by atoms with Crippen molar-refractivity contribution in [3.63, 3.8) is 0 Å². The molecule has 0 aliphatic carbocycles. The van der Waals surface area contributed by atoms with E-state index in [4.69, 9.17) is 10.9 Å². The van der Waals surface area contributed by atoms with Crippen molar-refractivity contribution in [2.24, 2.45) is 10.9 Å². The highest BCUT2D eigenvalue weighted by Crippen LogP contribution is 1.97. The normalized spacial score (nSPS) is 13.4. The number of carbonyl (C=O) groups is 1. The van der Waals surface area contributed by atoms with Gasteiger partial charge in [0.25, 0.3) is 0 Å². The molecule has 6 heteroatoms. The molecule has 100 valence electrons. The number of amidine groups is 1. The van der Waals surface area contributed by atoms with Crippen LogP contribution in [-0.4, -0.2) is 36.1 Å². The zero-order chi connectivity index (χ0) is 13.1. The van der Waals surface area contributed by atoms with Gasteiger partial charge in [-0.15, -0.1) is 0 Å². The standard InChI is InChI=1S/C11H24N4O2/c1-3-6-14-11(16)5-7-13-9(4-2)8-10(12)15-17/h9,13,17H,3-8H2,1-2H3,(H2,12,15)(H,14,16). The van der Waals surface area contributed by atoms with Crippen molar-refractivity contribution in [1.82, 2.24) is 10.6 Å². The van der Waals surface area contributed by atoms with E-state index in [2.05, 4.69) is 15.8 Å². The van der Waals surface area contributed by atoms with Crippen molar-refractivity contribution >= 4 is 11.7 Å². The average molecular weight is 244 g/mol. The van der Waals surface area contributed by atoms with Crippen molar-refractivity contribution in [2.45, 2.75) is 45.6 Å². The van der Waals surface area contributed by atoms with E-state index in [-0.39, 0.29) is 17.8 Å². The van der Waals surface area contributed by atoms with E-state index in [1.54, 1.807) is 0 Å². The molecule has 0 aromatic carbocycles. The first-order valence-corrected chi connectivity index (χ1v) is 6.10. The van der Waals surface area contributed by atoms with Gasteiger partial charge in [-0.2, -0.15) is 0 Å². The lowest BCUT2D eigenvalue weighted by atomic mass is 10.1. The summed E-state index contributed by atoms with van der Waals surface area (Å²) in [7, 11) is 0. The molecular weight excluding hydrogens is 220 g/mol. The summed E-state index contributed by atoms with van der Waals surface area (Å²) in [5, 5.41) is 17.4. The summed E-state index contributed by atoms with van der Waals surface area (Å²) in [6.07, 6.45) is 2.75. The van der Waals surface area contributed by atoms with Crippen LogP contribution in [0, 0.1) is 0 Å². The summed E-state index contributed by atoms with van der Waals surface area (Å²) in [5.41, 5.74) is 5.43. The van der Waals surface area contributed by atoms with Crippen LogP contribution in [0.3, 0.4) is 0 Å². The van der Waals surface area contributed by atoms with Gasteiger partial charge < -0.3 is 21.6 Å². The molecule has 1 unspecified atom stereocenters. The predicted molar refractivity (Wildman–Crippen MR) is 68.0 cm³/mol.